The van der Waals surface area contributed by atoms with Crippen LogP contribution < -0.4 is 16.8 Å². The Balaban J connectivity index is 1.73. The van der Waals surface area contributed by atoms with E-state index in [1.54, 1.807) is 0 Å². The summed E-state index contributed by atoms with van der Waals surface area (Å²) in [7, 11) is 0. The molecule has 6 heteroatoms. The van der Waals surface area contributed by atoms with E-state index in [1.807, 2.05) is 4.90 Å². The normalized spacial score (nSPS) is 23.6. The molecular weight excluding hydrogens is 232 g/mol. The first-order valence-electron chi connectivity index (χ1n) is 6.57. The first kappa shape index (κ1) is 13.3. The van der Waals surface area contributed by atoms with Crippen molar-refractivity contribution in [3.63, 3.8) is 0 Å². The minimum atomic E-state index is -0.294. The number of carbonyl (C=O) groups is 2. The molecule has 2 rings (SSSR count). The molecule has 0 spiro atoms. The van der Waals surface area contributed by atoms with Crippen LogP contribution in [0.2, 0.25) is 0 Å². The summed E-state index contributed by atoms with van der Waals surface area (Å²) < 4.78 is 0. The summed E-state index contributed by atoms with van der Waals surface area (Å²) in [5.74, 6) is -0.184. The highest BCUT2D eigenvalue weighted by Crippen LogP contribution is 2.44. The predicted octanol–water partition coefficient (Wildman–Crippen LogP) is -1.21. The number of primary amides is 1. The van der Waals surface area contributed by atoms with Crippen LogP contribution in [-0.2, 0) is 9.59 Å². The molecule has 2 amide bonds. The molecule has 2 aliphatic rings. The van der Waals surface area contributed by atoms with Crippen molar-refractivity contribution in [2.45, 2.75) is 31.7 Å². The number of likely N-dealkylation sites (tertiary alicyclic amines) is 1. The van der Waals surface area contributed by atoms with E-state index < -0.39 is 0 Å². The second-order valence-electron chi connectivity index (χ2n) is 5.47. The van der Waals surface area contributed by atoms with Crippen molar-refractivity contribution in [3.8, 4) is 0 Å². The van der Waals surface area contributed by atoms with Gasteiger partial charge in [-0.25, -0.2) is 0 Å². The summed E-state index contributed by atoms with van der Waals surface area (Å²) in [6, 6.07) is 0.214. The number of nitrogens with two attached hydrogens (primary N) is 2. The molecule has 5 N–H and O–H groups in total. The van der Waals surface area contributed by atoms with Gasteiger partial charge in [-0.2, -0.15) is 0 Å². The van der Waals surface area contributed by atoms with Crippen molar-refractivity contribution in [1.29, 1.82) is 0 Å². The lowest BCUT2D eigenvalue weighted by Gasteiger charge is -2.32. The molecule has 0 bridgehead atoms. The Morgan fingerprint density at radius 2 is 1.89 bits per heavy atom. The topological polar surface area (TPSA) is 101 Å². The number of carbonyl (C=O) groups excluding carboxylic acids is 2. The van der Waals surface area contributed by atoms with Gasteiger partial charge in [-0.05, 0) is 25.7 Å². The maximum Gasteiger partial charge on any atom is 0.231 e. The molecule has 0 aromatic rings. The Morgan fingerprint density at radius 3 is 2.33 bits per heavy atom. The highest BCUT2D eigenvalue weighted by molar-refractivity contribution is 5.85. The number of hydrogen-bond donors (Lipinski definition) is 3. The zero-order chi connectivity index (χ0) is 13.2. The van der Waals surface area contributed by atoms with Gasteiger partial charge >= 0.3 is 0 Å². The number of piperidine rings is 1. The van der Waals surface area contributed by atoms with Crippen molar-refractivity contribution in [2.24, 2.45) is 16.9 Å². The van der Waals surface area contributed by atoms with Crippen molar-refractivity contribution in [2.75, 3.05) is 26.2 Å². The van der Waals surface area contributed by atoms with Gasteiger partial charge < -0.3 is 16.8 Å². The minimum Gasteiger partial charge on any atom is -0.369 e. The Kier molecular flexibility index (Phi) is 3.87. The van der Waals surface area contributed by atoms with E-state index >= 15 is 0 Å². The molecule has 1 saturated heterocycles. The summed E-state index contributed by atoms with van der Waals surface area (Å²) in [4.78, 5) is 24.8. The van der Waals surface area contributed by atoms with E-state index in [1.165, 1.54) is 0 Å². The van der Waals surface area contributed by atoms with Gasteiger partial charge in [-0.3, -0.25) is 14.5 Å². The third-order valence-electron chi connectivity index (χ3n) is 4.03. The number of amides is 2. The molecule has 1 aliphatic carbocycles. The molecule has 0 radical (unpaired) electrons. The quantitative estimate of drug-likeness (QED) is 0.573. The van der Waals surface area contributed by atoms with Crippen LogP contribution in [0.1, 0.15) is 25.7 Å². The fraction of sp³-hybridized carbons (Fsp3) is 0.833. The number of rotatable bonds is 5. The van der Waals surface area contributed by atoms with Gasteiger partial charge in [0, 0.05) is 25.7 Å². The smallest absolute Gasteiger partial charge is 0.231 e. The number of hydrogen-bond acceptors (Lipinski definition) is 4. The predicted molar refractivity (Wildman–Crippen MR) is 67.5 cm³/mol. The first-order valence-corrected chi connectivity index (χ1v) is 6.57. The van der Waals surface area contributed by atoms with Crippen molar-refractivity contribution < 1.29 is 9.59 Å². The van der Waals surface area contributed by atoms with Crippen LogP contribution >= 0.6 is 0 Å². The molecule has 1 heterocycles. The van der Waals surface area contributed by atoms with E-state index in [2.05, 4.69) is 5.32 Å². The second-order valence-corrected chi connectivity index (χ2v) is 5.47. The van der Waals surface area contributed by atoms with Gasteiger partial charge in [0.05, 0.1) is 12.0 Å². The van der Waals surface area contributed by atoms with Crippen LogP contribution in [0.5, 0.6) is 0 Å². The fourth-order valence-corrected chi connectivity index (χ4v) is 2.47. The zero-order valence-corrected chi connectivity index (χ0v) is 10.7. The maximum absolute atomic E-state index is 12.0. The molecule has 1 aliphatic heterocycles. The second kappa shape index (κ2) is 5.24. The van der Waals surface area contributed by atoms with E-state index in [4.69, 9.17) is 11.5 Å². The van der Waals surface area contributed by atoms with Crippen molar-refractivity contribution in [3.05, 3.63) is 0 Å². The van der Waals surface area contributed by atoms with Gasteiger partial charge in [0.15, 0.2) is 0 Å². The standard InChI is InChI=1S/C12H22N4O2/c13-8-12(3-4-12)11(18)15-9-1-5-16(6-2-9)7-10(14)17/h9H,1-8,13H2,(H2,14,17)(H,15,18). The van der Waals surface area contributed by atoms with Crippen molar-refractivity contribution >= 4 is 11.8 Å². The summed E-state index contributed by atoms with van der Waals surface area (Å²) in [5, 5.41) is 3.08. The third kappa shape index (κ3) is 3.00. The van der Waals surface area contributed by atoms with E-state index in [0.29, 0.717) is 13.1 Å². The summed E-state index contributed by atoms with van der Waals surface area (Å²) in [6.07, 6.45) is 3.57. The maximum atomic E-state index is 12.0. The highest BCUT2D eigenvalue weighted by atomic mass is 16.2. The molecule has 18 heavy (non-hydrogen) atoms. The lowest BCUT2D eigenvalue weighted by molar-refractivity contribution is -0.127. The molecule has 0 unspecified atom stereocenters. The molecule has 1 saturated carbocycles. The number of nitrogens with zero attached hydrogens (tertiary/aromatic N) is 1. The molecule has 102 valence electrons. The van der Waals surface area contributed by atoms with Gasteiger partial charge in [-0.1, -0.05) is 0 Å². The Bertz CT molecular complexity index is 333. The fourth-order valence-electron chi connectivity index (χ4n) is 2.47. The van der Waals surface area contributed by atoms with Crippen molar-refractivity contribution in [1.82, 2.24) is 10.2 Å². The van der Waals surface area contributed by atoms with Crippen LogP contribution in [-0.4, -0.2) is 48.9 Å². The van der Waals surface area contributed by atoms with Crippen LogP contribution in [0.3, 0.4) is 0 Å². The summed E-state index contributed by atoms with van der Waals surface area (Å²) >= 11 is 0. The summed E-state index contributed by atoms with van der Waals surface area (Å²) in [6.45, 7) is 2.37. The number of nitrogens with one attached hydrogen (secondary N) is 1. The minimum absolute atomic E-state index is 0.110. The Morgan fingerprint density at radius 1 is 1.28 bits per heavy atom. The average Bonchev–Trinajstić information content (AvgIpc) is 3.12. The van der Waals surface area contributed by atoms with Gasteiger partial charge in [0.2, 0.25) is 11.8 Å². The lowest BCUT2D eigenvalue weighted by atomic mass is 10.0. The van der Waals surface area contributed by atoms with Gasteiger partial charge in [0.1, 0.15) is 0 Å². The SMILES string of the molecule is NCC1(C(=O)NC2CCN(CC(N)=O)CC2)CC1. The first-order chi connectivity index (χ1) is 8.55. The highest BCUT2D eigenvalue weighted by Gasteiger charge is 2.48. The molecule has 0 aromatic carbocycles. The molecular formula is C12H22N4O2. The molecule has 0 atom stereocenters. The van der Waals surface area contributed by atoms with Gasteiger partial charge in [-0.15, -0.1) is 0 Å². The van der Waals surface area contributed by atoms with Crippen LogP contribution in [0.4, 0.5) is 0 Å². The molecule has 2 fully saturated rings. The van der Waals surface area contributed by atoms with E-state index in [-0.39, 0.29) is 23.3 Å². The monoisotopic (exact) mass is 254 g/mol. The molecule has 0 aromatic heterocycles. The van der Waals surface area contributed by atoms with Gasteiger partial charge in [0.25, 0.3) is 0 Å². The van der Waals surface area contributed by atoms with Crippen LogP contribution in [0, 0.1) is 5.41 Å². The lowest BCUT2D eigenvalue weighted by Crippen LogP contribution is -2.49. The average molecular weight is 254 g/mol. The van der Waals surface area contributed by atoms with E-state index in [9.17, 15) is 9.59 Å². The van der Waals surface area contributed by atoms with Crippen LogP contribution in [0.15, 0.2) is 0 Å². The van der Waals surface area contributed by atoms with E-state index in [0.717, 1.165) is 38.8 Å². The molecule has 6 nitrogen and oxygen atoms in total. The Labute approximate surface area is 107 Å². The Hall–Kier alpha value is -1.14. The summed E-state index contributed by atoms with van der Waals surface area (Å²) in [5.41, 5.74) is 10.5. The van der Waals surface area contributed by atoms with Crippen LogP contribution in [0.25, 0.3) is 0 Å². The third-order valence-corrected chi connectivity index (χ3v) is 4.03. The largest absolute Gasteiger partial charge is 0.369 e. The zero-order valence-electron chi connectivity index (χ0n) is 10.7.